The Labute approximate surface area is 156 Å². The summed E-state index contributed by atoms with van der Waals surface area (Å²) in [6.07, 6.45) is 0.697. The van der Waals surface area contributed by atoms with Gasteiger partial charge in [0.15, 0.2) is 5.54 Å². The molecule has 7 nitrogen and oxygen atoms in total. The average molecular weight is 365 g/mol. The van der Waals surface area contributed by atoms with Crippen LogP contribution >= 0.6 is 0 Å². The van der Waals surface area contributed by atoms with Gasteiger partial charge in [0.2, 0.25) is 0 Å². The maximum Gasteiger partial charge on any atom is 0.344 e. The zero-order valence-corrected chi connectivity index (χ0v) is 14.6. The number of imide groups is 1. The van der Waals surface area contributed by atoms with Crippen LogP contribution in [0.4, 0.5) is 4.79 Å². The van der Waals surface area contributed by atoms with Crippen LogP contribution < -0.4 is 10.7 Å². The minimum atomic E-state index is -1.40. The maximum atomic E-state index is 13.4. The van der Waals surface area contributed by atoms with Crippen molar-refractivity contribution < 1.29 is 19.1 Å². The molecule has 0 bridgehead atoms. The number of nitrogens with one attached hydrogen (secondary N) is 2. The summed E-state index contributed by atoms with van der Waals surface area (Å²) in [6, 6.07) is 17.3. The fraction of sp³-hybridized carbons (Fsp3) is 0.250. The second-order valence-electron chi connectivity index (χ2n) is 6.53. The van der Waals surface area contributed by atoms with Gasteiger partial charge in [0.25, 0.3) is 11.8 Å². The molecule has 2 aromatic carbocycles. The zero-order chi connectivity index (χ0) is 18.9. The lowest BCUT2D eigenvalue weighted by atomic mass is 9.83. The molecule has 2 saturated heterocycles. The monoisotopic (exact) mass is 365 g/mol. The van der Waals surface area contributed by atoms with Crippen molar-refractivity contribution in [3.05, 3.63) is 71.8 Å². The molecule has 0 aromatic heterocycles. The van der Waals surface area contributed by atoms with Crippen LogP contribution in [0.15, 0.2) is 60.7 Å². The van der Waals surface area contributed by atoms with Gasteiger partial charge in [-0.25, -0.2) is 4.79 Å². The van der Waals surface area contributed by atoms with E-state index in [1.165, 1.54) is 0 Å². The molecule has 0 unspecified atom stereocenters. The molecule has 2 aromatic rings. The Balaban J connectivity index is 1.71. The number of hydrazine groups is 1. The Bertz CT molecular complexity index is 824. The molecule has 2 aliphatic rings. The summed E-state index contributed by atoms with van der Waals surface area (Å²) in [7, 11) is 0. The molecule has 2 heterocycles. The van der Waals surface area contributed by atoms with Crippen molar-refractivity contribution in [3.8, 4) is 0 Å². The predicted octanol–water partition coefficient (Wildman–Crippen LogP) is 1.69. The van der Waals surface area contributed by atoms with Gasteiger partial charge in [-0.15, -0.1) is 0 Å². The highest BCUT2D eigenvalue weighted by atomic mass is 16.5. The Hall–Kier alpha value is -3.19. The van der Waals surface area contributed by atoms with Crippen LogP contribution in [0.5, 0.6) is 0 Å². The van der Waals surface area contributed by atoms with Crippen LogP contribution in [0.2, 0.25) is 0 Å². The number of hydrogen-bond acceptors (Lipinski definition) is 4. The number of ether oxygens (including phenoxy) is 1. The topological polar surface area (TPSA) is 87.7 Å². The summed E-state index contributed by atoms with van der Waals surface area (Å²) in [5.41, 5.74) is 2.25. The van der Waals surface area contributed by atoms with E-state index < -0.39 is 29.5 Å². The normalized spacial score (nSPS) is 21.2. The van der Waals surface area contributed by atoms with Crippen LogP contribution in [-0.2, 0) is 19.9 Å². The van der Waals surface area contributed by atoms with Crippen LogP contribution in [0.3, 0.4) is 0 Å². The summed E-state index contributed by atoms with van der Waals surface area (Å²) in [5, 5.41) is 3.53. The minimum Gasteiger partial charge on any atom is -0.368 e. The smallest absolute Gasteiger partial charge is 0.344 e. The van der Waals surface area contributed by atoms with Crippen molar-refractivity contribution in [2.24, 2.45) is 0 Å². The number of carbonyl (C=O) groups is 3. The highest BCUT2D eigenvalue weighted by Gasteiger charge is 2.54. The third kappa shape index (κ3) is 2.86. The van der Waals surface area contributed by atoms with Crippen LogP contribution in [0.25, 0.3) is 0 Å². The number of amides is 4. The first kappa shape index (κ1) is 17.2. The lowest BCUT2D eigenvalue weighted by Gasteiger charge is -2.28. The van der Waals surface area contributed by atoms with E-state index in [0.29, 0.717) is 24.2 Å². The van der Waals surface area contributed by atoms with Gasteiger partial charge in [-0.05, 0) is 24.0 Å². The second-order valence-corrected chi connectivity index (χ2v) is 6.53. The fourth-order valence-corrected chi connectivity index (χ4v) is 3.53. The molecular formula is C20H19N3O4. The molecule has 1 atom stereocenters. The van der Waals surface area contributed by atoms with Gasteiger partial charge in [0, 0.05) is 6.61 Å². The summed E-state index contributed by atoms with van der Waals surface area (Å²) in [4.78, 5) is 38.4. The molecule has 0 aliphatic carbocycles. The molecule has 0 radical (unpaired) electrons. The predicted molar refractivity (Wildman–Crippen MR) is 96.2 cm³/mol. The fourth-order valence-electron chi connectivity index (χ4n) is 3.53. The van der Waals surface area contributed by atoms with Crippen molar-refractivity contribution in [2.45, 2.75) is 24.5 Å². The van der Waals surface area contributed by atoms with Gasteiger partial charge < -0.3 is 10.1 Å². The molecule has 138 valence electrons. The molecule has 4 amide bonds. The van der Waals surface area contributed by atoms with Crippen LogP contribution in [0.1, 0.15) is 24.0 Å². The van der Waals surface area contributed by atoms with Crippen molar-refractivity contribution in [2.75, 3.05) is 6.61 Å². The SMILES string of the molecule is O=C(NN1C(=O)NC(c2ccccc2)(c2ccccc2)C1=O)[C@H]1CCCO1. The number of nitrogens with zero attached hydrogens (tertiary/aromatic N) is 1. The molecular weight excluding hydrogens is 346 g/mol. The lowest BCUT2D eigenvalue weighted by molar-refractivity contribution is -0.142. The lowest BCUT2D eigenvalue weighted by Crippen LogP contribution is -2.51. The van der Waals surface area contributed by atoms with Crippen molar-refractivity contribution in [3.63, 3.8) is 0 Å². The van der Waals surface area contributed by atoms with E-state index in [2.05, 4.69) is 10.7 Å². The van der Waals surface area contributed by atoms with E-state index in [1.807, 2.05) is 12.1 Å². The Morgan fingerprint density at radius 2 is 1.63 bits per heavy atom. The highest BCUT2D eigenvalue weighted by molar-refractivity contribution is 6.10. The van der Waals surface area contributed by atoms with Gasteiger partial charge in [0.05, 0.1) is 0 Å². The number of hydrogen-bond donors (Lipinski definition) is 2. The average Bonchev–Trinajstić information content (AvgIpc) is 3.33. The number of urea groups is 1. The van der Waals surface area contributed by atoms with Crippen molar-refractivity contribution in [1.29, 1.82) is 0 Å². The van der Waals surface area contributed by atoms with Gasteiger partial charge in [-0.3, -0.25) is 15.0 Å². The van der Waals surface area contributed by atoms with Crippen LogP contribution in [0, 0.1) is 0 Å². The molecule has 7 heteroatoms. The summed E-state index contributed by atoms with van der Waals surface area (Å²) < 4.78 is 5.34. The summed E-state index contributed by atoms with van der Waals surface area (Å²) in [6.45, 7) is 0.496. The van der Waals surface area contributed by atoms with E-state index in [1.54, 1.807) is 48.5 Å². The van der Waals surface area contributed by atoms with Crippen molar-refractivity contribution >= 4 is 17.8 Å². The highest BCUT2D eigenvalue weighted by Crippen LogP contribution is 2.35. The minimum absolute atomic E-state index is 0.493. The first-order valence-corrected chi connectivity index (χ1v) is 8.83. The zero-order valence-electron chi connectivity index (χ0n) is 14.6. The molecule has 2 aliphatic heterocycles. The number of benzene rings is 2. The van der Waals surface area contributed by atoms with E-state index in [-0.39, 0.29) is 0 Å². The molecule has 2 fully saturated rings. The van der Waals surface area contributed by atoms with E-state index in [4.69, 9.17) is 4.74 Å². The second kappa shape index (κ2) is 6.85. The third-order valence-electron chi connectivity index (χ3n) is 4.88. The Kier molecular flexibility index (Phi) is 4.37. The van der Waals surface area contributed by atoms with Crippen LogP contribution in [-0.4, -0.2) is 35.6 Å². The first-order chi connectivity index (χ1) is 13.1. The van der Waals surface area contributed by atoms with Gasteiger partial charge in [-0.2, -0.15) is 5.01 Å². The third-order valence-corrected chi connectivity index (χ3v) is 4.88. The molecule has 4 rings (SSSR count). The molecule has 27 heavy (non-hydrogen) atoms. The number of carbonyl (C=O) groups excluding carboxylic acids is 3. The van der Waals surface area contributed by atoms with E-state index in [9.17, 15) is 14.4 Å². The quantitative estimate of drug-likeness (QED) is 0.807. The molecule has 0 spiro atoms. The van der Waals surface area contributed by atoms with E-state index in [0.717, 1.165) is 11.4 Å². The van der Waals surface area contributed by atoms with Gasteiger partial charge >= 0.3 is 6.03 Å². The standard InChI is InChI=1S/C20H19N3O4/c24-17(16-12-7-13-27-16)22-23-18(25)20(21-19(23)26,14-8-3-1-4-9-14)15-10-5-2-6-11-15/h1-6,8-11,16H,7,12-13H2,(H,21,26)(H,22,24)/t16-/m1/s1. The van der Waals surface area contributed by atoms with Crippen molar-refractivity contribution in [1.82, 2.24) is 15.8 Å². The first-order valence-electron chi connectivity index (χ1n) is 8.83. The Morgan fingerprint density at radius 1 is 1.04 bits per heavy atom. The molecule has 2 N–H and O–H groups in total. The number of rotatable bonds is 4. The largest absolute Gasteiger partial charge is 0.368 e. The Morgan fingerprint density at radius 3 is 2.15 bits per heavy atom. The maximum absolute atomic E-state index is 13.4. The van der Waals surface area contributed by atoms with E-state index >= 15 is 0 Å². The molecule has 0 saturated carbocycles. The van der Waals surface area contributed by atoms with Gasteiger partial charge in [0.1, 0.15) is 6.10 Å². The summed E-state index contributed by atoms with van der Waals surface area (Å²) >= 11 is 0. The van der Waals surface area contributed by atoms with Gasteiger partial charge in [-0.1, -0.05) is 60.7 Å². The summed E-state index contributed by atoms with van der Waals surface area (Å²) in [5.74, 6) is -1.05.